The first-order chi connectivity index (χ1) is 28.7. The van der Waals surface area contributed by atoms with Crippen LogP contribution in [-0.2, 0) is 0 Å². The number of anilines is 3. The molecule has 3 heterocycles. The van der Waals surface area contributed by atoms with Crippen molar-refractivity contribution in [3.8, 4) is 33.4 Å². The van der Waals surface area contributed by atoms with E-state index in [1.165, 1.54) is 58.9 Å². The van der Waals surface area contributed by atoms with E-state index in [1.54, 1.807) is 0 Å². The molecule has 0 saturated heterocycles. The zero-order chi connectivity index (χ0) is 38.2. The van der Waals surface area contributed by atoms with Gasteiger partial charge >= 0.3 is 0 Å². The average Bonchev–Trinajstić information content (AvgIpc) is 3.99. The highest BCUT2D eigenvalue weighted by Gasteiger charge is 2.21. The summed E-state index contributed by atoms with van der Waals surface area (Å²) in [6.07, 6.45) is 0. The van der Waals surface area contributed by atoms with Gasteiger partial charge in [0.25, 0.3) is 0 Å². The molecule has 0 aliphatic rings. The smallest absolute Gasteiger partial charge is 0.137 e. The lowest BCUT2D eigenvalue weighted by molar-refractivity contribution is 0.668. The van der Waals surface area contributed by atoms with Crippen molar-refractivity contribution in [1.82, 2.24) is 0 Å². The minimum atomic E-state index is 0.866. The molecule has 0 radical (unpaired) electrons. The Bertz CT molecular complexity index is 3500. The molecule has 12 rings (SSSR count). The Labute approximate surface area is 338 Å². The first-order valence-corrected chi connectivity index (χ1v) is 20.4. The van der Waals surface area contributed by atoms with E-state index >= 15 is 0 Å². The predicted molar refractivity (Wildman–Crippen MR) is 245 cm³/mol. The Morgan fingerprint density at radius 1 is 0.328 bits per heavy atom. The molecule has 0 bridgehead atoms. The van der Waals surface area contributed by atoms with E-state index in [4.69, 9.17) is 8.83 Å². The highest BCUT2D eigenvalue weighted by Crippen LogP contribution is 2.47. The highest BCUT2D eigenvalue weighted by atomic mass is 32.1. The van der Waals surface area contributed by atoms with Crippen molar-refractivity contribution in [1.29, 1.82) is 0 Å². The maximum atomic E-state index is 6.40. The molecule has 0 amide bonds. The summed E-state index contributed by atoms with van der Waals surface area (Å²) >= 11 is 1.86. The van der Waals surface area contributed by atoms with Crippen LogP contribution in [0.3, 0.4) is 0 Å². The van der Waals surface area contributed by atoms with E-state index in [-0.39, 0.29) is 0 Å². The van der Waals surface area contributed by atoms with Crippen LogP contribution in [0.5, 0.6) is 0 Å². The van der Waals surface area contributed by atoms with Gasteiger partial charge in [0, 0.05) is 47.7 Å². The lowest BCUT2D eigenvalue weighted by atomic mass is 9.98. The minimum absolute atomic E-state index is 0.866. The van der Waals surface area contributed by atoms with Crippen LogP contribution in [0.15, 0.2) is 209 Å². The average molecular weight is 760 g/mol. The number of para-hydroxylation sites is 2. The van der Waals surface area contributed by atoms with Gasteiger partial charge in [-0.15, -0.1) is 11.3 Å². The number of hydrogen-bond acceptors (Lipinski definition) is 4. The van der Waals surface area contributed by atoms with Gasteiger partial charge in [-0.2, -0.15) is 0 Å². The molecule has 0 atom stereocenters. The van der Waals surface area contributed by atoms with Crippen molar-refractivity contribution in [2.24, 2.45) is 0 Å². The number of nitrogens with zero attached hydrogens (tertiary/aromatic N) is 1. The van der Waals surface area contributed by atoms with Crippen LogP contribution >= 0.6 is 11.3 Å². The summed E-state index contributed by atoms with van der Waals surface area (Å²) in [6.45, 7) is 0. The maximum absolute atomic E-state index is 6.40. The molecule has 0 saturated carbocycles. The Kier molecular flexibility index (Phi) is 7.40. The van der Waals surface area contributed by atoms with E-state index in [0.717, 1.165) is 55.6 Å². The third-order valence-corrected chi connectivity index (χ3v) is 12.8. The number of rotatable bonds is 6. The van der Waals surface area contributed by atoms with Crippen molar-refractivity contribution in [3.63, 3.8) is 0 Å². The Morgan fingerprint density at radius 2 is 0.845 bits per heavy atom. The van der Waals surface area contributed by atoms with Crippen LogP contribution < -0.4 is 4.90 Å². The van der Waals surface area contributed by atoms with Gasteiger partial charge in [0.15, 0.2) is 0 Å². The quantitative estimate of drug-likeness (QED) is 0.169. The first kappa shape index (κ1) is 32.8. The fourth-order valence-corrected chi connectivity index (χ4v) is 10.2. The molecule has 4 heteroatoms. The van der Waals surface area contributed by atoms with Gasteiger partial charge in [0.05, 0.1) is 11.1 Å². The second-order valence-electron chi connectivity index (χ2n) is 14.8. The summed E-state index contributed by atoms with van der Waals surface area (Å²) in [5.74, 6) is 0. The number of fused-ring (bicyclic) bond motifs is 10. The second-order valence-corrected chi connectivity index (χ2v) is 15.8. The van der Waals surface area contributed by atoms with Gasteiger partial charge in [-0.3, -0.25) is 0 Å². The minimum Gasteiger partial charge on any atom is -0.456 e. The van der Waals surface area contributed by atoms with E-state index < -0.39 is 0 Å². The van der Waals surface area contributed by atoms with Gasteiger partial charge < -0.3 is 13.7 Å². The molecule has 9 aromatic carbocycles. The van der Waals surface area contributed by atoms with Gasteiger partial charge in [-0.25, -0.2) is 0 Å². The third kappa shape index (κ3) is 5.19. The molecule has 0 aliphatic heterocycles. The molecule has 58 heavy (non-hydrogen) atoms. The normalized spacial score (nSPS) is 11.8. The summed E-state index contributed by atoms with van der Waals surface area (Å²) < 4.78 is 15.2. The molecule has 0 aliphatic carbocycles. The molecule has 3 aromatic heterocycles. The van der Waals surface area contributed by atoms with Gasteiger partial charge in [-0.05, 0) is 100 Å². The monoisotopic (exact) mass is 759 g/mol. The Hall–Kier alpha value is -7.40. The Balaban J connectivity index is 0.985. The molecular weight excluding hydrogens is 727 g/mol. The summed E-state index contributed by atoms with van der Waals surface area (Å²) in [5, 5.41) is 7.08. The van der Waals surface area contributed by atoms with Crippen molar-refractivity contribution in [2.45, 2.75) is 0 Å². The van der Waals surface area contributed by atoms with Crippen LogP contribution in [-0.4, -0.2) is 0 Å². The van der Waals surface area contributed by atoms with Crippen molar-refractivity contribution in [2.75, 3.05) is 4.90 Å². The fourth-order valence-electron chi connectivity index (χ4n) is 8.76. The number of thiophene rings is 1. The topological polar surface area (TPSA) is 29.5 Å². The van der Waals surface area contributed by atoms with Crippen LogP contribution in [0, 0.1) is 0 Å². The third-order valence-electron chi connectivity index (χ3n) is 11.5. The second kappa shape index (κ2) is 13.1. The predicted octanol–water partition coefficient (Wildman–Crippen LogP) is 16.3. The highest BCUT2D eigenvalue weighted by molar-refractivity contribution is 7.27. The number of hydrogen-bond donors (Lipinski definition) is 0. The van der Waals surface area contributed by atoms with Crippen LogP contribution in [0.4, 0.5) is 17.1 Å². The number of benzene rings is 9. The van der Waals surface area contributed by atoms with Gasteiger partial charge in [0.2, 0.25) is 0 Å². The summed E-state index contributed by atoms with van der Waals surface area (Å²) in [7, 11) is 0. The van der Waals surface area contributed by atoms with Crippen molar-refractivity contribution >= 4 is 92.4 Å². The zero-order valence-electron chi connectivity index (χ0n) is 31.2. The molecule has 0 fully saturated rings. The molecule has 0 spiro atoms. The largest absolute Gasteiger partial charge is 0.456 e. The van der Waals surface area contributed by atoms with Crippen molar-refractivity contribution < 1.29 is 8.83 Å². The molecule has 0 unspecified atom stereocenters. The van der Waals surface area contributed by atoms with Crippen LogP contribution in [0.2, 0.25) is 0 Å². The maximum Gasteiger partial charge on any atom is 0.137 e. The molecule has 12 aromatic rings. The van der Waals surface area contributed by atoms with Gasteiger partial charge in [0.1, 0.15) is 22.3 Å². The molecule has 272 valence electrons. The Morgan fingerprint density at radius 3 is 1.57 bits per heavy atom. The first-order valence-electron chi connectivity index (χ1n) is 19.6. The lowest BCUT2D eigenvalue weighted by Crippen LogP contribution is -2.10. The summed E-state index contributed by atoms with van der Waals surface area (Å²) in [6, 6.07) is 71.4. The molecule has 3 nitrogen and oxygen atoms in total. The zero-order valence-corrected chi connectivity index (χ0v) is 32.0. The molecular formula is C54H33NO2S. The van der Waals surface area contributed by atoms with Crippen molar-refractivity contribution in [3.05, 3.63) is 200 Å². The van der Waals surface area contributed by atoms with E-state index in [1.807, 2.05) is 29.5 Å². The van der Waals surface area contributed by atoms with E-state index in [2.05, 4.69) is 187 Å². The lowest BCUT2D eigenvalue weighted by Gasteiger charge is -2.26. The van der Waals surface area contributed by atoms with E-state index in [9.17, 15) is 0 Å². The fraction of sp³-hybridized carbons (Fsp3) is 0. The molecule has 0 N–H and O–H groups in total. The number of furan rings is 2. The van der Waals surface area contributed by atoms with Crippen LogP contribution in [0.1, 0.15) is 0 Å². The standard InChI is InChI=1S/C54H33NO2S/c1-2-11-34(12-3-1)37-13-8-14-38(33-37)35-23-27-39(28-24-35)55(46-19-10-22-49-51(46)44-15-4-6-20-47(44)56-49)40-29-25-36(26-30-40)41-17-9-18-42-43-31-32-50-52(54(43)58-53(41)42)45-16-5-7-21-48(45)57-50/h1-33H. The summed E-state index contributed by atoms with van der Waals surface area (Å²) in [5.41, 5.74) is 14.0. The SMILES string of the molecule is c1ccc(-c2cccc(-c3ccc(N(c4ccc(-c5cccc6c5sc5c6ccc6oc7ccccc7c65)cc4)c4cccc5oc6ccccc6c45)cc3)c2)cc1. The van der Waals surface area contributed by atoms with Gasteiger partial charge in [-0.1, -0.05) is 133 Å². The van der Waals surface area contributed by atoms with E-state index in [0.29, 0.717) is 0 Å². The van der Waals surface area contributed by atoms with Crippen LogP contribution in [0.25, 0.3) is 97.4 Å². The summed E-state index contributed by atoms with van der Waals surface area (Å²) in [4.78, 5) is 2.36.